The first kappa shape index (κ1) is 24.4. The molecule has 9 heteroatoms. The second-order valence-corrected chi connectivity index (χ2v) is 10.1. The maximum absolute atomic E-state index is 12.7. The van der Waals surface area contributed by atoms with Crippen LogP contribution in [0.4, 0.5) is 0 Å². The van der Waals surface area contributed by atoms with Crippen LogP contribution < -0.4 is 15.4 Å². The van der Waals surface area contributed by atoms with Gasteiger partial charge < -0.3 is 10.6 Å². The third-order valence-corrected chi connectivity index (χ3v) is 7.22. The summed E-state index contributed by atoms with van der Waals surface area (Å²) < 4.78 is 26.1. The second-order valence-electron chi connectivity index (χ2n) is 8.20. The van der Waals surface area contributed by atoms with Gasteiger partial charge in [-0.1, -0.05) is 54.6 Å². The molecule has 1 aliphatic heterocycles. The van der Waals surface area contributed by atoms with Gasteiger partial charge in [0.1, 0.15) is 11.3 Å². The van der Waals surface area contributed by atoms with E-state index in [-0.39, 0.29) is 24.7 Å². The predicted octanol–water partition coefficient (Wildman–Crippen LogP) is 1.76. The van der Waals surface area contributed by atoms with Crippen molar-refractivity contribution in [2.45, 2.75) is 50.3 Å². The van der Waals surface area contributed by atoms with Gasteiger partial charge >= 0.3 is 0 Å². The summed E-state index contributed by atoms with van der Waals surface area (Å²) in [6.45, 7) is 1.87. The molecule has 0 bridgehead atoms. The van der Waals surface area contributed by atoms with E-state index in [1.807, 2.05) is 22.9 Å². The molecule has 0 spiro atoms. The molecule has 3 amide bonds. The van der Waals surface area contributed by atoms with Crippen LogP contribution in [0.5, 0.6) is 0 Å². The number of rotatable bonds is 10. The van der Waals surface area contributed by atoms with Crippen LogP contribution in [-0.2, 0) is 37.2 Å². The second kappa shape index (κ2) is 11.1. The fraction of sp³-hybridized carbons (Fsp3) is 0.375. The van der Waals surface area contributed by atoms with Crippen LogP contribution in [0.1, 0.15) is 48.1 Å². The molecule has 3 rings (SSSR count). The van der Waals surface area contributed by atoms with Crippen molar-refractivity contribution in [3.63, 3.8) is 0 Å². The Bertz CT molecular complexity index is 1080. The summed E-state index contributed by atoms with van der Waals surface area (Å²) in [5, 5.41) is 4.66. The number of unbranched alkanes of at least 4 members (excludes halogenated alkanes) is 1. The van der Waals surface area contributed by atoms with Gasteiger partial charge in [-0.2, -0.15) is 0 Å². The Labute approximate surface area is 194 Å². The Morgan fingerprint density at radius 2 is 1.73 bits per heavy atom. The van der Waals surface area contributed by atoms with Gasteiger partial charge in [0.05, 0.1) is 6.42 Å². The largest absolute Gasteiger partial charge is 0.354 e. The Balaban J connectivity index is 1.53. The van der Waals surface area contributed by atoms with Gasteiger partial charge in [0.15, 0.2) is 0 Å². The average Bonchev–Trinajstić information content (AvgIpc) is 3.05. The monoisotopic (exact) mass is 471 g/mol. The normalized spacial score (nSPS) is 17.7. The van der Waals surface area contributed by atoms with Crippen molar-refractivity contribution >= 4 is 27.7 Å². The van der Waals surface area contributed by atoms with Crippen molar-refractivity contribution in [3.8, 4) is 0 Å². The smallest absolute Gasteiger partial charge is 0.242 e. The maximum Gasteiger partial charge on any atom is 0.242 e. The van der Waals surface area contributed by atoms with E-state index >= 15 is 0 Å². The van der Waals surface area contributed by atoms with Crippen molar-refractivity contribution in [2.24, 2.45) is 0 Å². The first-order chi connectivity index (χ1) is 15.7. The SMILES string of the molecule is CC(=O)N[C@@H](Cc1ccc(C2CC(=O)NS2(=O)=O)cc1)C(=O)NCCCCc1ccccc1. The molecular weight excluding hydrogens is 442 g/mol. The molecule has 176 valence electrons. The molecule has 8 nitrogen and oxygen atoms in total. The molecule has 0 radical (unpaired) electrons. The van der Waals surface area contributed by atoms with E-state index in [1.54, 1.807) is 24.3 Å². The highest BCUT2D eigenvalue weighted by Crippen LogP contribution is 2.30. The number of benzene rings is 2. The van der Waals surface area contributed by atoms with E-state index in [2.05, 4.69) is 22.8 Å². The Kier molecular flexibility index (Phi) is 8.21. The van der Waals surface area contributed by atoms with Crippen molar-refractivity contribution < 1.29 is 22.8 Å². The van der Waals surface area contributed by atoms with Crippen LogP contribution in [0.3, 0.4) is 0 Å². The molecule has 0 saturated carbocycles. The summed E-state index contributed by atoms with van der Waals surface area (Å²) in [5.74, 6) is -1.09. The number of carbonyl (C=O) groups excluding carboxylic acids is 3. The summed E-state index contributed by atoms with van der Waals surface area (Å²) in [5.41, 5.74) is 2.54. The molecule has 33 heavy (non-hydrogen) atoms. The molecule has 2 aromatic rings. The van der Waals surface area contributed by atoms with Gasteiger partial charge in [-0.25, -0.2) is 8.42 Å². The lowest BCUT2D eigenvalue weighted by molar-refractivity contribution is -0.128. The highest BCUT2D eigenvalue weighted by molar-refractivity contribution is 7.90. The minimum atomic E-state index is -3.71. The zero-order chi connectivity index (χ0) is 23.8. The average molecular weight is 472 g/mol. The van der Waals surface area contributed by atoms with Gasteiger partial charge in [0, 0.05) is 19.9 Å². The topological polar surface area (TPSA) is 121 Å². The summed E-state index contributed by atoms with van der Waals surface area (Å²) in [6, 6.07) is 16.1. The third-order valence-electron chi connectivity index (χ3n) is 5.52. The van der Waals surface area contributed by atoms with E-state index in [9.17, 15) is 22.8 Å². The fourth-order valence-electron chi connectivity index (χ4n) is 3.84. The van der Waals surface area contributed by atoms with Gasteiger partial charge in [-0.3, -0.25) is 19.1 Å². The first-order valence-corrected chi connectivity index (χ1v) is 12.5. The van der Waals surface area contributed by atoms with E-state index in [1.165, 1.54) is 12.5 Å². The van der Waals surface area contributed by atoms with E-state index in [0.29, 0.717) is 12.1 Å². The molecule has 1 saturated heterocycles. The maximum atomic E-state index is 12.7. The highest BCUT2D eigenvalue weighted by atomic mass is 32.2. The molecular formula is C24H29N3O5S. The van der Waals surface area contributed by atoms with Gasteiger partial charge in [-0.05, 0) is 36.0 Å². The van der Waals surface area contributed by atoms with Gasteiger partial charge in [-0.15, -0.1) is 0 Å². The first-order valence-electron chi connectivity index (χ1n) is 11.0. The molecule has 2 aromatic carbocycles. The highest BCUT2D eigenvalue weighted by Gasteiger charge is 2.37. The van der Waals surface area contributed by atoms with Gasteiger partial charge in [0.2, 0.25) is 27.7 Å². The minimum absolute atomic E-state index is 0.108. The van der Waals surface area contributed by atoms with Crippen molar-refractivity contribution in [1.82, 2.24) is 15.4 Å². The summed E-state index contributed by atoms with van der Waals surface area (Å²) in [7, 11) is -3.71. The number of aryl methyl sites for hydroxylation is 1. The number of sulfonamides is 1. The van der Waals surface area contributed by atoms with Crippen LogP contribution in [0.25, 0.3) is 0 Å². The quantitative estimate of drug-likeness (QED) is 0.456. The van der Waals surface area contributed by atoms with Gasteiger partial charge in [0.25, 0.3) is 0 Å². The third kappa shape index (κ3) is 7.15. The summed E-state index contributed by atoms with van der Waals surface area (Å²) in [6.07, 6.45) is 2.87. The zero-order valence-electron chi connectivity index (χ0n) is 18.5. The van der Waals surface area contributed by atoms with E-state index < -0.39 is 27.2 Å². The Morgan fingerprint density at radius 3 is 2.33 bits per heavy atom. The van der Waals surface area contributed by atoms with Crippen LogP contribution in [-0.4, -0.2) is 38.7 Å². The number of carbonyl (C=O) groups is 3. The fourth-order valence-corrected chi connectivity index (χ4v) is 5.27. The lowest BCUT2D eigenvalue weighted by atomic mass is 10.0. The molecule has 3 N–H and O–H groups in total. The zero-order valence-corrected chi connectivity index (χ0v) is 19.4. The summed E-state index contributed by atoms with van der Waals surface area (Å²) >= 11 is 0. The lowest BCUT2D eigenvalue weighted by Crippen LogP contribution is -2.47. The summed E-state index contributed by atoms with van der Waals surface area (Å²) in [4.78, 5) is 35.7. The van der Waals surface area contributed by atoms with E-state index in [4.69, 9.17) is 0 Å². The number of nitrogens with one attached hydrogen (secondary N) is 3. The molecule has 0 aliphatic carbocycles. The molecule has 1 aliphatic rings. The lowest BCUT2D eigenvalue weighted by Gasteiger charge is -2.18. The van der Waals surface area contributed by atoms with Crippen LogP contribution in [0.2, 0.25) is 0 Å². The van der Waals surface area contributed by atoms with Crippen LogP contribution >= 0.6 is 0 Å². The van der Waals surface area contributed by atoms with Crippen LogP contribution in [0.15, 0.2) is 54.6 Å². The predicted molar refractivity (Wildman–Crippen MR) is 125 cm³/mol. The molecule has 1 heterocycles. The van der Waals surface area contributed by atoms with Crippen molar-refractivity contribution in [1.29, 1.82) is 0 Å². The number of hydrogen-bond acceptors (Lipinski definition) is 5. The molecule has 0 aromatic heterocycles. The van der Waals surface area contributed by atoms with Crippen molar-refractivity contribution in [3.05, 3.63) is 71.3 Å². The van der Waals surface area contributed by atoms with Crippen LogP contribution in [0, 0.1) is 0 Å². The Morgan fingerprint density at radius 1 is 1.03 bits per heavy atom. The number of amides is 3. The van der Waals surface area contributed by atoms with Crippen molar-refractivity contribution in [2.75, 3.05) is 6.54 Å². The molecule has 1 fully saturated rings. The molecule has 2 atom stereocenters. The van der Waals surface area contributed by atoms with E-state index in [0.717, 1.165) is 24.8 Å². The number of hydrogen-bond donors (Lipinski definition) is 3. The Hall–Kier alpha value is -3.20. The molecule has 1 unspecified atom stereocenters. The standard InChI is InChI=1S/C24H29N3O5S/c1-17(28)26-21(24(30)25-14-6-5-9-18-7-3-2-4-8-18)15-19-10-12-20(13-11-19)22-16-23(29)27-33(22,31)32/h2-4,7-8,10-13,21-22H,5-6,9,14-16H2,1H3,(H,25,30)(H,26,28)(H,27,29)/t21-,22?/m0/s1. The minimum Gasteiger partial charge on any atom is -0.354 e.